The van der Waals surface area contributed by atoms with E-state index < -0.39 is 0 Å². The van der Waals surface area contributed by atoms with E-state index in [1.165, 1.54) is 5.56 Å². The van der Waals surface area contributed by atoms with Gasteiger partial charge in [0, 0.05) is 29.1 Å². The van der Waals surface area contributed by atoms with Crippen LogP contribution in [0.3, 0.4) is 0 Å². The van der Waals surface area contributed by atoms with Crippen LogP contribution >= 0.6 is 0 Å². The molecule has 0 radical (unpaired) electrons. The van der Waals surface area contributed by atoms with Crippen LogP contribution in [0.5, 0.6) is 5.75 Å². The van der Waals surface area contributed by atoms with E-state index in [9.17, 15) is 4.79 Å². The molecule has 1 atom stereocenters. The van der Waals surface area contributed by atoms with Gasteiger partial charge >= 0.3 is 0 Å². The summed E-state index contributed by atoms with van der Waals surface area (Å²) in [4.78, 5) is 11.1. The van der Waals surface area contributed by atoms with Crippen molar-refractivity contribution in [2.24, 2.45) is 0 Å². The minimum absolute atomic E-state index is 0.151. The Hall–Kier alpha value is -2.55. The molecule has 0 amide bonds. The molecule has 1 aliphatic heterocycles. The number of nitrogens with zero attached hydrogens (tertiary/aromatic N) is 1. The molecule has 0 saturated heterocycles. The predicted octanol–water partition coefficient (Wildman–Crippen LogP) is 3.46. The van der Waals surface area contributed by atoms with Crippen LogP contribution in [0.1, 0.15) is 15.9 Å². The second-order valence-corrected chi connectivity index (χ2v) is 5.42. The molecule has 0 bridgehead atoms. The molecule has 3 aromatic rings. The number of aldehydes is 1. The molecule has 4 rings (SSSR count). The molecule has 0 saturated carbocycles. The van der Waals surface area contributed by atoms with Gasteiger partial charge in [-0.25, -0.2) is 0 Å². The van der Waals surface area contributed by atoms with Crippen molar-refractivity contribution in [1.29, 1.82) is 0 Å². The molecule has 2 aromatic carbocycles. The van der Waals surface area contributed by atoms with Crippen LogP contribution in [0.25, 0.3) is 10.9 Å². The smallest absolute Gasteiger partial charge is 0.150 e. The Morgan fingerprint density at radius 3 is 2.90 bits per heavy atom. The molecule has 1 aromatic heterocycles. The first-order valence-electron chi connectivity index (χ1n) is 7.13. The largest absolute Gasteiger partial charge is 0.488 e. The second-order valence-electron chi connectivity index (χ2n) is 5.42. The molecule has 0 spiro atoms. The SMILES string of the molecule is O=Cc1cccc2c1ccn2CC1Cc2ccccc2O1. The van der Waals surface area contributed by atoms with Gasteiger partial charge in [0.1, 0.15) is 11.9 Å². The summed E-state index contributed by atoms with van der Waals surface area (Å²) in [5.74, 6) is 0.993. The van der Waals surface area contributed by atoms with Crippen molar-refractivity contribution in [2.75, 3.05) is 0 Å². The van der Waals surface area contributed by atoms with Gasteiger partial charge in [0.2, 0.25) is 0 Å². The van der Waals surface area contributed by atoms with Gasteiger partial charge in [0.15, 0.2) is 6.29 Å². The fraction of sp³-hybridized carbons (Fsp3) is 0.167. The normalized spacial score (nSPS) is 16.7. The lowest BCUT2D eigenvalue weighted by atomic mass is 10.1. The number of ether oxygens (including phenoxy) is 1. The number of carbonyl (C=O) groups excluding carboxylic acids is 1. The Bertz CT molecular complexity index is 794. The lowest BCUT2D eigenvalue weighted by Gasteiger charge is -2.13. The molecule has 1 unspecified atom stereocenters. The Labute approximate surface area is 122 Å². The molecule has 0 N–H and O–H groups in total. The highest BCUT2D eigenvalue weighted by Gasteiger charge is 2.23. The van der Waals surface area contributed by atoms with E-state index >= 15 is 0 Å². The molecule has 3 heteroatoms. The molecular weight excluding hydrogens is 262 g/mol. The van der Waals surface area contributed by atoms with Crippen LogP contribution in [0.15, 0.2) is 54.7 Å². The van der Waals surface area contributed by atoms with E-state index in [0.717, 1.165) is 41.5 Å². The van der Waals surface area contributed by atoms with E-state index in [1.807, 2.05) is 48.7 Å². The monoisotopic (exact) mass is 277 g/mol. The number of carbonyl (C=O) groups is 1. The van der Waals surface area contributed by atoms with Crippen molar-refractivity contribution < 1.29 is 9.53 Å². The van der Waals surface area contributed by atoms with Gasteiger partial charge in [0.25, 0.3) is 0 Å². The Kier molecular flexibility index (Phi) is 2.78. The zero-order valence-electron chi connectivity index (χ0n) is 11.5. The highest BCUT2D eigenvalue weighted by atomic mass is 16.5. The van der Waals surface area contributed by atoms with Gasteiger partial charge in [-0.2, -0.15) is 0 Å². The van der Waals surface area contributed by atoms with Crippen LogP contribution in [-0.4, -0.2) is 17.0 Å². The highest BCUT2D eigenvalue weighted by Crippen LogP contribution is 2.29. The third kappa shape index (κ3) is 2.02. The lowest BCUT2D eigenvalue weighted by molar-refractivity contribution is 0.112. The molecule has 0 fully saturated rings. The van der Waals surface area contributed by atoms with Crippen LogP contribution in [0.4, 0.5) is 0 Å². The Morgan fingerprint density at radius 1 is 1.14 bits per heavy atom. The van der Waals surface area contributed by atoms with E-state index in [4.69, 9.17) is 4.74 Å². The zero-order valence-corrected chi connectivity index (χ0v) is 11.5. The molecule has 2 heterocycles. The van der Waals surface area contributed by atoms with E-state index in [2.05, 4.69) is 10.6 Å². The number of benzene rings is 2. The highest BCUT2D eigenvalue weighted by molar-refractivity contribution is 5.97. The van der Waals surface area contributed by atoms with Crippen molar-refractivity contribution in [2.45, 2.75) is 19.1 Å². The summed E-state index contributed by atoms with van der Waals surface area (Å²) in [5, 5.41) is 1.00. The maximum atomic E-state index is 11.1. The molecule has 104 valence electrons. The summed E-state index contributed by atoms with van der Waals surface area (Å²) in [6.45, 7) is 0.792. The molecule has 1 aliphatic rings. The van der Waals surface area contributed by atoms with Crippen molar-refractivity contribution in [3.05, 3.63) is 65.9 Å². The number of hydrogen-bond donors (Lipinski definition) is 0. The minimum atomic E-state index is 0.151. The number of aromatic nitrogens is 1. The maximum Gasteiger partial charge on any atom is 0.150 e. The topological polar surface area (TPSA) is 31.2 Å². The fourth-order valence-corrected chi connectivity index (χ4v) is 3.08. The number of para-hydroxylation sites is 1. The van der Waals surface area contributed by atoms with Crippen LogP contribution in [-0.2, 0) is 13.0 Å². The van der Waals surface area contributed by atoms with Crippen molar-refractivity contribution in [3.63, 3.8) is 0 Å². The average Bonchev–Trinajstić information content (AvgIpc) is 3.11. The first kappa shape index (κ1) is 12.2. The van der Waals surface area contributed by atoms with Crippen molar-refractivity contribution in [3.8, 4) is 5.75 Å². The molecule has 21 heavy (non-hydrogen) atoms. The summed E-state index contributed by atoms with van der Waals surface area (Å²) in [5.41, 5.74) is 3.09. The van der Waals surface area contributed by atoms with Crippen molar-refractivity contribution in [1.82, 2.24) is 4.57 Å². The zero-order chi connectivity index (χ0) is 14.2. The van der Waals surface area contributed by atoms with Gasteiger partial charge in [-0.3, -0.25) is 4.79 Å². The van der Waals surface area contributed by atoms with Crippen molar-refractivity contribution >= 4 is 17.2 Å². The van der Waals surface area contributed by atoms with Crippen LogP contribution in [0.2, 0.25) is 0 Å². The summed E-state index contributed by atoms with van der Waals surface area (Å²) >= 11 is 0. The molecule has 0 aliphatic carbocycles. The van der Waals surface area contributed by atoms with Gasteiger partial charge in [-0.15, -0.1) is 0 Å². The van der Waals surface area contributed by atoms with Crippen LogP contribution < -0.4 is 4.74 Å². The number of hydrogen-bond acceptors (Lipinski definition) is 2. The Balaban J connectivity index is 1.63. The standard InChI is InChI=1S/C18H15NO2/c20-12-14-5-3-6-17-16(14)8-9-19(17)11-15-10-13-4-1-2-7-18(13)21-15/h1-9,12,15H,10-11H2. The third-order valence-electron chi connectivity index (χ3n) is 4.09. The lowest BCUT2D eigenvalue weighted by Crippen LogP contribution is -2.20. The number of fused-ring (bicyclic) bond motifs is 2. The Morgan fingerprint density at radius 2 is 2.05 bits per heavy atom. The minimum Gasteiger partial charge on any atom is -0.488 e. The fourth-order valence-electron chi connectivity index (χ4n) is 3.08. The maximum absolute atomic E-state index is 11.1. The first-order chi connectivity index (χ1) is 10.3. The van der Waals surface area contributed by atoms with E-state index in [1.54, 1.807) is 0 Å². The van der Waals surface area contributed by atoms with Gasteiger partial charge in [0.05, 0.1) is 6.54 Å². The van der Waals surface area contributed by atoms with Gasteiger partial charge < -0.3 is 9.30 Å². The van der Waals surface area contributed by atoms with Gasteiger partial charge in [-0.1, -0.05) is 30.3 Å². The van der Waals surface area contributed by atoms with Crippen LogP contribution in [0, 0.1) is 0 Å². The summed E-state index contributed by atoms with van der Waals surface area (Å²) in [7, 11) is 0. The molecular formula is C18H15NO2. The van der Waals surface area contributed by atoms with E-state index in [-0.39, 0.29) is 6.10 Å². The third-order valence-corrected chi connectivity index (χ3v) is 4.09. The summed E-state index contributed by atoms with van der Waals surface area (Å²) < 4.78 is 8.16. The quantitative estimate of drug-likeness (QED) is 0.686. The average molecular weight is 277 g/mol. The second kappa shape index (κ2) is 4.77. The summed E-state index contributed by atoms with van der Waals surface area (Å²) in [6, 6.07) is 16.0. The number of rotatable bonds is 3. The summed E-state index contributed by atoms with van der Waals surface area (Å²) in [6.07, 6.45) is 4.03. The predicted molar refractivity (Wildman–Crippen MR) is 81.9 cm³/mol. The van der Waals surface area contributed by atoms with Gasteiger partial charge in [-0.05, 0) is 23.8 Å². The first-order valence-corrected chi connectivity index (χ1v) is 7.13. The van der Waals surface area contributed by atoms with E-state index in [0.29, 0.717) is 0 Å². The molecule has 3 nitrogen and oxygen atoms in total.